The second-order valence-electron chi connectivity index (χ2n) is 5.86. The molecule has 0 spiro atoms. The van der Waals surface area contributed by atoms with Crippen LogP contribution in [0.5, 0.6) is 11.5 Å². The molecule has 1 heterocycles. The van der Waals surface area contributed by atoms with Gasteiger partial charge in [0.25, 0.3) is 0 Å². The van der Waals surface area contributed by atoms with Gasteiger partial charge in [0, 0.05) is 13.0 Å². The van der Waals surface area contributed by atoms with Gasteiger partial charge >= 0.3 is 0 Å². The summed E-state index contributed by atoms with van der Waals surface area (Å²) >= 11 is 6.20. The van der Waals surface area contributed by atoms with Crippen LogP contribution in [0.25, 0.3) is 0 Å². The zero-order chi connectivity index (χ0) is 16.9. The summed E-state index contributed by atoms with van der Waals surface area (Å²) in [7, 11) is 0. The Morgan fingerprint density at radius 3 is 2.67 bits per heavy atom. The zero-order valence-corrected chi connectivity index (χ0v) is 14.4. The zero-order valence-electron chi connectivity index (χ0n) is 13.6. The third-order valence-electron chi connectivity index (χ3n) is 3.91. The predicted molar refractivity (Wildman–Crippen MR) is 93.8 cm³/mol. The Bertz CT molecular complexity index is 728. The van der Waals surface area contributed by atoms with Crippen LogP contribution in [0.4, 0.5) is 0 Å². The van der Waals surface area contributed by atoms with E-state index in [0.29, 0.717) is 42.7 Å². The van der Waals surface area contributed by atoms with Gasteiger partial charge in [-0.25, -0.2) is 0 Å². The molecule has 0 radical (unpaired) electrons. The topological polar surface area (TPSA) is 47.6 Å². The van der Waals surface area contributed by atoms with E-state index in [9.17, 15) is 4.79 Å². The van der Waals surface area contributed by atoms with Crippen molar-refractivity contribution < 1.29 is 14.3 Å². The lowest BCUT2D eigenvalue weighted by atomic mass is 10.1. The minimum absolute atomic E-state index is 0.0154. The Morgan fingerprint density at radius 2 is 1.88 bits per heavy atom. The van der Waals surface area contributed by atoms with Gasteiger partial charge in [0.1, 0.15) is 13.2 Å². The number of carbonyl (C=O) groups excluding carboxylic acids is 1. The summed E-state index contributed by atoms with van der Waals surface area (Å²) in [6.07, 6.45) is 1.19. The fourth-order valence-electron chi connectivity index (χ4n) is 2.57. The highest BCUT2D eigenvalue weighted by atomic mass is 35.5. The first-order chi connectivity index (χ1) is 11.6. The minimum Gasteiger partial charge on any atom is -0.486 e. The van der Waals surface area contributed by atoms with Crippen LogP contribution < -0.4 is 14.8 Å². The predicted octanol–water partition coefficient (Wildman–Crippen LogP) is 3.67. The van der Waals surface area contributed by atoms with Crippen LogP contribution in [-0.2, 0) is 17.8 Å². The van der Waals surface area contributed by atoms with E-state index in [1.165, 1.54) is 5.56 Å². The van der Waals surface area contributed by atoms with Gasteiger partial charge in [0.05, 0.1) is 5.02 Å². The fraction of sp³-hybridized carbons (Fsp3) is 0.316. The number of benzene rings is 2. The third kappa shape index (κ3) is 4.20. The first-order valence-electron chi connectivity index (χ1n) is 8.02. The summed E-state index contributed by atoms with van der Waals surface area (Å²) in [5, 5.41) is 3.43. The summed E-state index contributed by atoms with van der Waals surface area (Å²) in [5.74, 6) is 1.23. The highest BCUT2D eigenvalue weighted by molar-refractivity contribution is 6.32. The van der Waals surface area contributed by atoms with Crippen molar-refractivity contribution in [2.75, 3.05) is 13.2 Å². The van der Waals surface area contributed by atoms with Crippen molar-refractivity contribution in [2.24, 2.45) is 0 Å². The molecule has 2 aromatic rings. The molecular formula is C19H20ClNO3. The molecule has 0 unspecified atom stereocenters. The van der Waals surface area contributed by atoms with Crippen molar-refractivity contribution in [3.63, 3.8) is 0 Å². The monoisotopic (exact) mass is 345 g/mol. The quantitative estimate of drug-likeness (QED) is 0.899. The standard InChI is InChI=1S/C19H20ClNO3/c1-13-2-4-14(5-3-13)6-7-18(22)21-12-15-10-16(20)19-17(11-15)23-8-9-24-19/h2-5,10-11H,6-9,12H2,1H3,(H,21,22). The lowest BCUT2D eigenvalue weighted by molar-refractivity contribution is -0.121. The van der Waals surface area contributed by atoms with Gasteiger partial charge in [-0.2, -0.15) is 0 Å². The van der Waals surface area contributed by atoms with Crippen LogP contribution in [0.3, 0.4) is 0 Å². The molecule has 126 valence electrons. The first-order valence-corrected chi connectivity index (χ1v) is 8.40. The van der Waals surface area contributed by atoms with Crippen molar-refractivity contribution in [3.8, 4) is 11.5 Å². The van der Waals surface area contributed by atoms with E-state index in [2.05, 4.69) is 36.5 Å². The Labute approximate surface area is 146 Å². The molecule has 1 N–H and O–H groups in total. The number of carbonyl (C=O) groups is 1. The van der Waals surface area contributed by atoms with E-state index in [-0.39, 0.29) is 5.91 Å². The molecule has 0 atom stereocenters. The van der Waals surface area contributed by atoms with Crippen molar-refractivity contribution in [1.82, 2.24) is 5.32 Å². The lowest BCUT2D eigenvalue weighted by Gasteiger charge is -2.20. The maximum atomic E-state index is 12.0. The number of rotatable bonds is 5. The van der Waals surface area contributed by atoms with Gasteiger partial charge < -0.3 is 14.8 Å². The lowest BCUT2D eigenvalue weighted by Crippen LogP contribution is -2.23. The number of ether oxygens (including phenoxy) is 2. The van der Waals surface area contributed by atoms with Crippen LogP contribution in [0.2, 0.25) is 5.02 Å². The van der Waals surface area contributed by atoms with E-state index >= 15 is 0 Å². The highest BCUT2D eigenvalue weighted by Crippen LogP contribution is 2.38. The molecule has 0 saturated carbocycles. The van der Waals surface area contributed by atoms with Crippen molar-refractivity contribution >= 4 is 17.5 Å². The van der Waals surface area contributed by atoms with E-state index < -0.39 is 0 Å². The second-order valence-corrected chi connectivity index (χ2v) is 6.27. The number of hydrogen-bond acceptors (Lipinski definition) is 3. The molecule has 1 amide bonds. The number of halogens is 1. The molecule has 2 aromatic carbocycles. The van der Waals surface area contributed by atoms with Crippen LogP contribution in [0.15, 0.2) is 36.4 Å². The van der Waals surface area contributed by atoms with Gasteiger partial charge in [-0.15, -0.1) is 0 Å². The van der Waals surface area contributed by atoms with Crippen LogP contribution in [0.1, 0.15) is 23.1 Å². The molecule has 24 heavy (non-hydrogen) atoms. The van der Waals surface area contributed by atoms with Gasteiger partial charge in [0.15, 0.2) is 11.5 Å². The smallest absolute Gasteiger partial charge is 0.220 e. The van der Waals surface area contributed by atoms with E-state index in [1.54, 1.807) is 6.07 Å². The summed E-state index contributed by atoms with van der Waals surface area (Å²) in [4.78, 5) is 12.0. The van der Waals surface area contributed by atoms with Crippen molar-refractivity contribution in [2.45, 2.75) is 26.3 Å². The summed E-state index contributed by atoms with van der Waals surface area (Å²) in [6.45, 7) is 3.48. The van der Waals surface area contributed by atoms with E-state index in [0.717, 1.165) is 17.5 Å². The van der Waals surface area contributed by atoms with Gasteiger partial charge in [-0.3, -0.25) is 4.79 Å². The molecule has 1 aliphatic rings. The highest BCUT2D eigenvalue weighted by Gasteiger charge is 2.16. The number of aryl methyl sites for hydroxylation is 2. The molecule has 0 aromatic heterocycles. The molecule has 0 saturated heterocycles. The SMILES string of the molecule is Cc1ccc(CCC(=O)NCc2cc(Cl)c3c(c2)OCCO3)cc1. The maximum Gasteiger partial charge on any atom is 0.220 e. The molecular weight excluding hydrogens is 326 g/mol. The third-order valence-corrected chi connectivity index (χ3v) is 4.19. The molecule has 0 bridgehead atoms. The first kappa shape index (κ1) is 16.7. The van der Waals surface area contributed by atoms with Crippen LogP contribution in [0, 0.1) is 6.92 Å². The van der Waals surface area contributed by atoms with E-state index in [1.807, 2.05) is 6.07 Å². The largest absolute Gasteiger partial charge is 0.486 e. The maximum absolute atomic E-state index is 12.0. The summed E-state index contributed by atoms with van der Waals surface area (Å²) in [6, 6.07) is 11.9. The fourth-order valence-corrected chi connectivity index (χ4v) is 2.86. The van der Waals surface area contributed by atoms with Crippen molar-refractivity contribution in [3.05, 3.63) is 58.1 Å². The Balaban J connectivity index is 1.52. The summed E-state index contributed by atoms with van der Waals surface area (Å²) in [5.41, 5.74) is 3.28. The van der Waals surface area contributed by atoms with Gasteiger partial charge in [0.2, 0.25) is 5.91 Å². The Morgan fingerprint density at radius 1 is 1.12 bits per heavy atom. The van der Waals surface area contributed by atoms with E-state index in [4.69, 9.17) is 21.1 Å². The average molecular weight is 346 g/mol. The molecule has 3 rings (SSSR count). The van der Waals surface area contributed by atoms with Crippen LogP contribution in [-0.4, -0.2) is 19.1 Å². The number of fused-ring (bicyclic) bond motifs is 1. The molecule has 0 aliphatic carbocycles. The number of nitrogens with one attached hydrogen (secondary N) is 1. The van der Waals surface area contributed by atoms with Crippen molar-refractivity contribution in [1.29, 1.82) is 0 Å². The summed E-state index contributed by atoms with van der Waals surface area (Å²) < 4.78 is 11.0. The van der Waals surface area contributed by atoms with Gasteiger partial charge in [-0.05, 0) is 36.6 Å². The molecule has 0 fully saturated rings. The van der Waals surface area contributed by atoms with Crippen LogP contribution >= 0.6 is 11.6 Å². The Kier molecular flexibility index (Phi) is 5.26. The molecule has 4 nitrogen and oxygen atoms in total. The normalized spacial score (nSPS) is 12.8. The average Bonchev–Trinajstić information content (AvgIpc) is 2.59. The molecule has 1 aliphatic heterocycles. The number of amides is 1. The molecule has 5 heteroatoms. The Hall–Kier alpha value is -2.20. The number of hydrogen-bond donors (Lipinski definition) is 1. The minimum atomic E-state index is 0.0154. The van der Waals surface area contributed by atoms with Gasteiger partial charge in [-0.1, -0.05) is 41.4 Å². The second kappa shape index (κ2) is 7.58.